The smallest absolute Gasteiger partial charge is 0.0710 e. The van der Waals surface area contributed by atoms with Crippen molar-refractivity contribution in [2.45, 2.75) is 25.8 Å². The number of hydrogen-bond donors (Lipinski definition) is 2. The fourth-order valence-electron chi connectivity index (χ4n) is 2.40. The van der Waals surface area contributed by atoms with Crippen molar-refractivity contribution in [2.24, 2.45) is 5.84 Å². The molecule has 3 aromatic rings. The highest BCUT2D eigenvalue weighted by atomic mass is 32.1. The Bertz CT molecular complexity index is 701. The molecule has 0 aromatic carbocycles. The van der Waals surface area contributed by atoms with Crippen LogP contribution < -0.4 is 11.3 Å². The number of aryl methyl sites for hydroxylation is 1. The predicted molar refractivity (Wildman–Crippen MR) is 82.7 cm³/mol. The van der Waals surface area contributed by atoms with Crippen LogP contribution >= 0.6 is 11.3 Å². The number of aromatic nitrogens is 2. The van der Waals surface area contributed by atoms with E-state index in [1.54, 1.807) is 0 Å². The van der Waals surface area contributed by atoms with Gasteiger partial charge in [0.25, 0.3) is 0 Å². The summed E-state index contributed by atoms with van der Waals surface area (Å²) >= 11 is 1.86. The van der Waals surface area contributed by atoms with Gasteiger partial charge >= 0.3 is 0 Å². The topological polar surface area (TPSA) is 55.3 Å². The molecule has 0 saturated heterocycles. The fraction of sp³-hybridized carbons (Fsp3) is 0.267. The minimum atomic E-state index is 0.0817. The summed E-state index contributed by atoms with van der Waals surface area (Å²) in [5, 5.41) is 4.38. The Morgan fingerprint density at radius 2 is 2.15 bits per heavy atom. The van der Waals surface area contributed by atoms with Crippen LogP contribution in [-0.4, -0.2) is 9.61 Å². The molecule has 0 saturated carbocycles. The monoisotopic (exact) mass is 286 g/mol. The van der Waals surface area contributed by atoms with Crippen molar-refractivity contribution in [3.8, 4) is 0 Å². The molecule has 0 aliphatic heterocycles. The third-order valence-electron chi connectivity index (χ3n) is 3.50. The highest BCUT2D eigenvalue weighted by Gasteiger charge is 2.16. The molecule has 0 amide bonds. The van der Waals surface area contributed by atoms with Gasteiger partial charge in [0.2, 0.25) is 0 Å². The first-order chi connectivity index (χ1) is 9.81. The van der Waals surface area contributed by atoms with E-state index in [4.69, 9.17) is 5.84 Å². The van der Waals surface area contributed by atoms with E-state index in [0.29, 0.717) is 0 Å². The summed E-state index contributed by atoms with van der Waals surface area (Å²) in [4.78, 5) is 2.76. The van der Waals surface area contributed by atoms with Gasteiger partial charge in [0.15, 0.2) is 0 Å². The molecule has 0 aliphatic rings. The Labute approximate surface area is 122 Å². The van der Waals surface area contributed by atoms with E-state index in [-0.39, 0.29) is 6.04 Å². The maximum absolute atomic E-state index is 5.76. The average Bonchev–Trinajstić information content (AvgIpc) is 3.11. The van der Waals surface area contributed by atoms with Crippen LogP contribution in [0.3, 0.4) is 0 Å². The molecule has 1 unspecified atom stereocenters. The van der Waals surface area contributed by atoms with E-state index >= 15 is 0 Å². The lowest BCUT2D eigenvalue weighted by Gasteiger charge is -2.13. The lowest BCUT2D eigenvalue weighted by Crippen LogP contribution is -2.29. The largest absolute Gasteiger partial charge is 0.271 e. The van der Waals surface area contributed by atoms with E-state index in [0.717, 1.165) is 23.9 Å². The zero-order chi connectivity index (χ0) is 13.9. The van der Waals surface area contributed by atoms with Crippen LogP contribution in [0, 0.1) is 0 Å². The van der Waals surface area contributed by atoms with Crippen LogP contribution in [0.15, 0.2) is 42.7 Å². The van der Waals surface area contributed by atoms with Crippen molar-refractivity contribution >= 4 is 16.9 Å². The number of pyridine rings is 1. The van der Waals surface area contributed by atoms with Gasteiger partial charge in [-0.2, -0.15) is 5.10 Å². The molecular weight excluding hydrogens is 268 g/mol. The van der Waals surface area contributed by atoms with Crippen LogP contribution in [0.25, 0.3) is 5.52 Å². The lowest BCUT2D eigenvalue weighted by molar-refractivity contribution is 0.559. The lowest BCUT2D eigenvalue weighted by atomic mass is 10.1. The standard InChI is InChI=1S/C15H18N4S/c1-2-11-6-7-12(20-11)9-14(18-16)13-10-17-19-8-4-3-5-15(13)19/h3-8,10,14,18H,2,9,16H2,1H3. The van der Waals surface area contributed by atoms with Gasteiger partial charge in [-0.25, -0.2) is 4.52 Å². The van der Waals surface area contributed by atoms with Crippen molar-refractivity contribution in [3.63, 3.8) is 0 Å². The maximum Gasteiger partial charge on any atom is 0.0710 e. The van der Waals surface area contributed by atoms with E-state index < -0.39 is 0 Å². The van der Waals surface area contributed by atoms with Gasteiger partial charge in [-0.3, -0.25) is 11.3 Å². The minimum absolute atomic E-state index is 0.0817. The Hall–Kier alpha value is -1.69. The molecule has 5 heteroatoms. The van der Waals surface area contributed by atoms with Gasteiger partial charge in [-0.15, -0.1) is 11.3 Å². The van der Waals surface area contributed by atoms with Crippen LogP contribution in [0.1, 0.15) is 28.3 Å². The molecule has 0 bridgehead atoms. The Morgan fingerprint density at radius 3 is 2.90 bits per heavy atom. The van der Waals surface area contributed by atoms with Crippen LogP contribution in [0.2, 0.25) is 0 Å². The van der Waals surface area contributed by atoms with Gasteiger partial charge < -0.3 is 0 Å². The number of fused-ring (bicyclic) bond motifs is 1. The van der Waals surface area contributed by atoms with Crippen LogP contribution in [0.5, 0.6) is 0 Å². The molecule has 3 N–H and O–H groups in total. The van der Waals surface area contributed by atoms with Crippen molar-refractivity contribution in [3.05, 3.63) is 58.0 Å². The summed E-state index contributed by atoms with van der Waals surface area (Å²) in [6.45, 7) is 2.18. The molecule has 4 nitrogen and oxygen atoms in total. The first-order valence-corrected chi connectivity index (χ1v) is 7.59. The number of nitrogens with zero attached hydrogens (tertiary/aromatic N) is 2. The number of hydrazine groups is 1. The van der Waals surface area contributed by atoms with Gasteiger partial charge in [0.05, 0.1) is 17.8 Å². The SMILES string of the molecule is CCc1ccc(CC(NN)c2cnn3ccccc23)s1. The third-order valence-corrected chi connectivity index (χ3v) is 4.76. The van der Waals surface area contributed by atoms with Crippen molar-refractivity contribution in [2.75, 3.05) is 0 Å². The van der Waals surface area contributed by atoms with Gasteiger partial charge in [-0.05, 0) is 30.7 Å². The summed E-state index contributed by atoms with van der Waals surface area (Å²) in [5.41, 5.74) is 5.16. The highest BCUT2D eigenvalue weighted by Crippen LogP contribution is 2.26. The zero-order valence-corrected chi connectivity index (χ0v) is 12.2. The van der Waals surface area contributed by atoms with Gasteiger partial charge in [-0.1, -0.05) is 13.0 Å². The number of nitrogens with one attached hydrogen (secondary N) is 1. The van der Waals surface area contributed by atoms with Crippen molar-refractivity contribution in [1.82, 2.24) is 15.0 Å². The summed E-state index contributed by atoms with van der Waals surface area (Å²) in [7, 11) is 0. The van der Waals surface area contributed by atoms with Gasteiger partial charge in [0.1, 0.15) is 0 Å². The Kier molecular flexibility index (Phi) is 3.82. The quantitative estimate of drug-likeness (QED) is 0.560. The average molecular weight is 286 g/mol. The minimum Gasteiger partial charge on any atom is -0.271 e. The van der Waals surface area contributed by atoms with E-state index in [1.165, 1.54) is 9.75 Å². The molecule has 104 valence electrons. The van der Waals surface area contributed by atoms with Crippen molar-refractivity contribution < 1.29 is 0 Å². The van der Waals surface area contributed by atoms with E-state index in [2.05, 4.69) is 35.6 Å². The predicted octanol–water partition coefficient (Wildman–Crippen LogP) is 2.71. The number of hydrogen-bond acceptors (Lipinski definition) is 4. The summed E-state index contributed by atoms with van der Waals surface area (Å²) < 4.78 is 1.88. The molecule has 1 atom stereocenters. The molecule has 0 spiro atoms. The zero-order valence-electron chi connectivity index (χ0n) is 11.4. The second-order valence-electron chi connectivity index (χ2n) is 4.78. The van der Waals surface area contributed by atoms with Crippen molar-refractivity contribution in [1.29, 1.82) is 0 Å². The fourth-order valence-corrected chi connectivity index (χ4v) is 3.41. The van der Waals surface area contributed by atoms with Gasteiger partial charge in [0, 0.05) is 27.9 Å². The summed E-state index contributed by atoms with van der Waals surface area (Å²) in [6.07, 6.45) is 5.82. The molecule has 0 radical (unpaired) electrons. The number of rotatable bonds is 5. The Morgan fingerprint density at radius 1 is 1.30 bits per heavy atom. The second-order valence-corrected chi connectivity index (χ2v) is 6.03. The van der Waals surface area contributed by atoms with Crippen LogP contribution in [0.4, 0.5) is 0 Å². The van der Waals surface area contributed by atoms with E-state index in [9.17, 15) is 0 Å². The molecule has 20 heavy (non-hydrogen) atoms. The first-order valence-electron chi connectivity index (χ1n) is 6.77. The Balaban J connectivity index is 1.89. The maximum atomic E-state index is 5.76. The molecule has 3 aromatic heterocycles. The molecule has 3 rings (SSSR count). The number of thiophene rings is 1. The highest BCUT2D eigenvalue weighted by molar-refractivity contribution is 7.11. The molecule has 0 fully saturated rings. The van der Waals surface area contributed by atoms with E-state index in [1.807, 2.05) is 40.4 Å². The third kappa shape index (κ3) is 2.47. The second kappa shape index (κ2) is 5.75. The molecular formula is C15H18N4S. The van der Waals surface area contributed by atoms with Crippen LogP contribution in [-0.2, 0) is 12.8 Å². The number of nitrogens with two attached hydrogens (primary N) is 1. The summed E-state index contributed by atoms with van der Waals surface area (Å²) in [6, 6.07) is 10.5. The first kappa shape index (κ1) is 13.3. The normalized spacial score (nSPS) is 12.9. The molecule has 0 aliphatic carbocycles. The summed E-state index contributed by atoms with van der Waals surface area (Å²) in [5.74, 6) is 5.76. The molecule has 3 heterocycles.